The van der Waals surface area contributed by atoms with Crippen molar-refractivity contribution in [3.63, 3.8) is 0 Å². The number of fused-ring (bicyclic) bond motifs is 3. The fourth-order valence-corrected chi connectivity index (χ4v) is 6.02. The van der Waals surface area contributed by atoms with Gasteiger partial charge in [-0.25, -0.2) is 23.8 Å². The molecule has 5 atom stereocenters. The summed E-state index contributed by atoms with van der Waals surface area (Å²) in [4.78, 5) is 24.2. The number of ether oxygens (including phenoxy) is 2. The summed E-state index contributed by atoms with van der Waals surface area (Å²) in [7, 11) is 0. The predicted molar refractivity (Wildman–Crippen MR) is 134 cm³/mol. The molecule has 3 saturated heterocycles. The number of halogens is 2. The first kappa shape index (κ1) is 24.0. The van der Waals surface area contributed by atoms with Crippen LogP contribution in [0.15, 0.2) is 0 Å². The van der Waals surface area contributed by atoms with E-state index in [9.17, 15) is 4.79 Å². The average molecular weight is 586 g/mol. The molecule has 3 fully saturated rings. The lowest BCUT2D eigenvalue weighted by Crippen LogP contribution is -2.58. The number of nitrogens with one attached hydrogen (secondary N) is 1. The Balaban J connectivity index is 1.43. The first-order chi connectivity index (χ1) is 16.1. The van der Waals surface area contributed by atoms with E-state index in [0.717, 1.165) is 40.6 Å². The van der Waals surface area contributed by atoms with Gasteiger partial charge in [0.25, 0.3) is 0 Å². The minimum atomic E-state index is -1.23. The van der Waals surface area contributed by atoms with Crippen molar-refractivity contribution in [3.8, 4) is 0 Å². The number of amides is 1. The summed E-state index contributed by atoms with van der Waals surface area (Å²) in [5.41, 5.74) is 1.57. The van der Waals surface area contributed by atoms with Crippen molar-refractivity contribution < 1.29 is 18.7 Å². The summed E-state index contributed by atoms with van der Waals surface area (Å²) in [6, 6.07) is -0.878. The van der Waals surface area contributed by atoms with Gasteiger partial charge in [-0.05, 0) is 88.8 Å². The van der Waals surface area contributed by atoms with Crippen molar-refractivity contribution in [2.75, 3.05) is 11.5 Å². The number of nitrogens with zero attached hydrogens (tertiary/aromatic N) is 5. The summed E-state index contributed by atoms with van der Waals surface area (Å²) in [6.07, 6.45) is 3.12. The topological polar surface area (TPSA) is 94.4 Å². The zero-order chi connectivity index (χ0) is 24.2. The highest BCUT2D eigenvalue weighted by Crippen LogP contribution is 2.42. The molecule has 0 aromatic carbocycles. The van der Waals surface area contributed by atoms with E-state index in [1.54, 1.807) is 20.8 Å². The molecule has 2 aromatic rings. The number of carbonyl (C=O) groups excluding carboxylic acids is 1. The van der Waals surface area contributed by atoms with Crippen LogP contribution in [0.4, 0.5) is 15.0 Å². The Morgan fingerprint density at radius 2 is 2.03 bits per heavy atom. The lowest BCUT2D eigenvalue weighted by atomic mass is 9.95. The number of piperidine rings is 1. The Hall–Kier alpha value is -1.76. The van der Waals surface area contributed by atoms with Crippen LogP contribution in [-0.2, 0) is 9.47 Å². The van der Waals surface area contributed by atoms with Gasteiger partial charge in [0.1, 0.15) is 17.3 Å². The molecule has 186 valence electrons. The van der Waals surface area contributed by atoms with E-state index >= 15 is 4.39 Å². The molecule has 3 aliphatic rings. The average Bonchev–Trinajstić information content (AvgIpc) is 3.27. The Kier molecular flexibility index (Phi) is 6.36. The summed E-state index contributed by atoms with van der Waals surface area (Å²) < 4.78 is 29.6. The van der Waals surface area contributed by atoms with Crippen LogP contribution in [0.25, 0.3) is 11.2 Å². The molecule has 34 heavy (non-hydrogen) atoms. The first-order valence-electron chi connectivity index (χ1n) is 12.1. The van der Waals surface area contributed by atoms with Crippen LogP contribution in [0.5, 0.6) is 0 Å². The Morgan fingerprint density at radius 1 is 1.24 bits per heavy atom. The number of alkyl carbamates (subject to hydrolysis) is 1. The molecule has 2 bridgehead atoms. The monoisotopic (exact) mass is 586 g/mol. The van der Waals surface area contributed by atoms with Crippen LogP contribution in [-0.4, -0.2) is 62.3 Å². The van der Waals surface area contributed by atoms with Gasteiger partial charge in [-0.1, -0.05) is 0 Å². The van der Waals surface area contributed by atoms with E-state index in [0.29, 0.717) is 30.9 Å². The van der Waals surface area contributed by atoms with E-state index in [4.69, 9.17) is 19.4 Å². The third kappa shape index (κ3) is 4.45. The Morgan fingerprint density at radius 3 is 2.74 bits per heavy atom. The van der Waals surface area contributed by atoms with Crippen molar-refractivity contribution >= 4 is 45.7 Å². The van der Waals surface area contributed by atoms with Crippen molar-refractivity contribution in [1.82, 2.24) is 25.1 Å². The predicted octanol–water partition coefficient (Wildman–Crippen LogP) is 4.41. The molecule has 0 spiro atoms. The largest absolute Gasteiger partial charge is 0.444 e. The second-order valence-electron chi connectivity index (χ2n) is 10.5. The molecule has 3 aliphatic heterocycles. The number of alkyl halides is 1. The number of carbonyl (C=O) groups is 1. The normalized spacial score (nSPS) is 29.5. The maximum Gasteiger partial charge on any atom is 0.407 e. The van der Waals surface area contributed by atoms with Crippen molar-refractivity contribution in [3.05, 3.63) is 9.39 Å². The van der Waals surface area contributed by atoms with Crippen LogP contribution >= 0.6 is 22.6 Å². The van der Waals surface area contributed by atoms with Crippen molar-refractivity contribution in [2.24, 2.45) is 0 Å². The number of hydrogen-bond donors (Lipinski definition) is 1. The smallest absolute Gasteiger partial charge is 0.407 e. The molecule has 2 aromatic heterocycles. The summed E-state index contributed by atoms with van der Waals surface area (Å²) in [5.74, 6) is 0.701. The number of aromatic nitrogens is 4. The molecule has 0 radical (unpaired) electrons. The van der Waals surface area contributed by atoms with E-state index in [2.05, 4.69) is 37.9 Å². The van der Waals surface area contributed by atoms with Gasteiger partial charge in [-0.3, -0.25) is 0 Å². The SMILES string of the molecule is Cc1nc2c(I)nn(C3CCCCO3)c2nc1N1[C@H]2CC[C@@H]1[C@@H](F)[C@@H](NC(=O)OC(C)(C)C)C2. The highest BCUT2D eigenvalue weighted by molar-refractivity contribution is 14.1. The summed E-state index contributed by atoms with van der Waals surface area (Å²) in [6.45, 7) is 8.03. The molecule has 1 unspecified atom stereocenters. The van der Waals surface area contributed by atoms with Gasteiger partial charge >= 0.3 is 6.09 Å². The van der Waals surface area contributed by atoms with Gasteiger partial charge < -0.3 is 19.7 Å². The molecule has 5 heterocycles. The Bertz CT molecular complexity index is 1080. The van der Waals surface area contributed by atoms with Crippen molar-refractivity contribution in [1.29, 1.82) is 0 Å². The molecule has 11 heteroatoms. The van der Waals surface area contributed by atoms with Gasteiger partial charge in [-0.2, -0.15) is 5.10 Å². The highest BCUT2D eigenvalue weighted by atomic mass is 127. The first-order valence-corrected chi connectivity index (χ1v) is 13.2. The molecule has 9 nitrogen and oxygen atoms in total. The summed E-state index contributed by atoms with van der Waals surface area (Å²) in [5, 5.41) is 7.45. The molecule has 1 amide bonds. The third-order valence-corrected chi connectivity index (χ3v) is 7.56. The van der Waals surface area contributed by atoms with Crippen LogP contribution in [0.1, 0.15) is 71.2 Å². The van der Waals surface area contributed by atoms with Crippen LogP contribution < -0.4 is 10.2 Å². The van der Waals surface area contributed by atoms with Gasteiger partial charge in [0, 0.05) is 12.6 Å². The maximum absolute atomic E-state index is 15.7. The number of rotatable bonds is 3. The van der Waals surface area contributed by atoms with Gasteiger partial charge in [0.2, 0.25) is 0 Å². The fraction of sp³-hybridized carbons (Fsp3) is 0.739. The quantitative estimate of drug-likeness (QED) is 0.533. The summed E-state index contributed by atoms with van der Waals surface area (Å²) >= 11 is 2.19. The van der Waals surface area contributed by atoms with Crippen molar-refractivity contribution in [2.45, 2.75) is 102 Å². The van der Waals surface area contributed by atoms with E-state index in [1.165, 1.54) is 0 Å². The lowest BCUT2D eigenvalue weighted by Gasteiger charge is -2.42. The van der Waals surface area contributed by atoms with Gasteiger partial charge in [0.15, 0.2) is 21.4 Å². The van der Waals surface area contributed by atoms with Gasteiger partial charge in [0.05, 0.1) is 17.8 Å². The number of aryl methyl sites for hydroxylation is 1. The second kappa shape index (κ2) is 9.03. The number of anilines is 1. The maximum atomic E-state index is 15.7. The van der Waals surface area contributed by atoms with E-state index < -0.39 is 23.9 Å². The van der Waals surface area contributed by atoms with Crippen LogP contribution in [0.3, 0.4) is 0 Å². The zero-order valence-corrected chi connectivity index (χ0v) is 22.2. The second-order valence-corrected chi connectivity index (χ2v) is 11.5. The van der Waals surface area contributed by atoms with Crippen LogP contribution in [0.2, 0.25) is 0 Å². The van der Waals surface area contributed by atoms with Gasteiger partial charge in [-0.15, -0.1) is 0 Å². The molecule has 5 rings (SSSR count). The number of hydrogen-bond acceptors (Lipinski definition) is 7. The molecular formula is C23H32FIN6O3. The standard InChI is InChI=1S/C23H32FIN6O3/c1-12-20(28-21-18(26-12)19(25)29-31(21)16-7-5-6-10-33-16)30-13-8-9-15(30)17(24)14(11-13)27-22(32)34-23(2,3)4/h13-17H,5-11H2,1-4H3,(H,27,32)/t13-,14-,15+,16?,17-/m0/s1. The minimum absolute atomic E-state index is 0.0729. The highest BCUT2D eigenvalue weighted by Gasteiger charge is 2.49. The molecular weight excluding hydrogens is 554 g/mol. The molecule has 0 aliphatic carbocycles. The fourth-order valence-electron chi connectivity index (χ4n) is 5.43. The molecule has 0 saturated carbocycles. The van der Waals surface area contributed by atoms with E-state index in [1.807, 2.05) is 11.6 Å². The zero-order valence-electron chi connectivity index (χ0n) is 20.1. The molecule has 1 N–H and O–H groups in total. The lowest BCUT2D eigenvalue weighted by molar-refractivity contribution is -0.0372. The van der Waals surface area contributed by atoms with E-state index in [-0.39, 0.29) is 18.3 Å². The van der Waals surface area contributed by atoms with Crippen LogP contribution in [0, 0.1) is 10.6 Å². The minimum Gasteiger partial charge on any atom is -0.444 e. The third-order valence-electron chi connectivity index (χ3n) is 6.83. The Labute approximate surface area is 212 Å².